The summed E-state index contributed by atoms with van der Waals surface area (Å²) in [7, 11) is 0. The minimum Gasteiger partial charge on any atom is -0.481 e. The third-order valence-corrected chi connectivity index (χ3v) is 2.78. The van der Waals surface area contributed by atoms with Crippen LogP contribution in [0, 0.1) is 0 Å². The van der Waals surface area contributed by atoms with E-state index in [2.05, 4.69) is 10.1 Å². The molecule has 1 aliphatic rings. The van der Waals surface area contributed by atoms with E-state index in [4.69, 9.17) is 9.63 Å². The lowest BCUT2D eigenvalue weighted by molar-refractivity contribution is -0.133. The van der Waals surface area contributed by atoms with E-state index in [0.29, 0.717) is 17.6 Å². The normalized spacial score (nSPS) is 15.7. The van der Waals surface area contributed by atoms with Crippen LogP contribution in [-0.4, -0.2) is 27.0 Å². The van der Waals surface area contributed by atoms with Crippen molar-refractivity contribution in [3.05, 3.63) is 11.7 Å². The zero-order chi connectivity index (χ0) is 9.97. The zero-order valence-electron chi connectivity index (χ0n) is 7.47. The van der Waals surface area contributed by atoms with Gasteiger partial charge in [-0.15, -0.1) is 11.8 Å². The van der Waals surface area contributed by atoms with E-state index >= 15 is 0 Å². The van der Waals surface area contributed by atoms with Crippen molar-refractivity contribution in [3.63, 3.8) is 0 Å². The van der Waals surface area contributed by atoms with E-state index in [9.17, 15) is 4.79 Å². The van der Waals surface area contributed by atoms with Crippen molar-refractivity contribution < 1.29 is 14.4 Å². The van der Waals surface area contributed by atoms with Crippen LogP contribution >= 0.6 is 11.8 Å². The van der Waals surface area contributed by atoms with Crippen LogP contribution < -0.4 is 0 Å². The molecule has 14 heavy (non-hydrogen) atoms. The summed E-state index contributed by atoms with van der Waals surface area (Å²) < 4.78 is 4.97. The molecule has 0 bridgehead atoms. The van der Waals surface area contributed by atoms with Gasteiger partial charge < -0.3 is 9.63 Å². The monoisotopic (exact) mass is 214 g/mol. The van der Waals surface area contributed by atoms with Crippen LogP contribution in [0.15, 0.2) is 4.52 Å². The highest BCUT2D eigenvalue weighted by Gasteiger charge is 2.28. The summed E-state index contributed by atoms with van der Waals surface area (Å²) in [4.78, 5) is 14.4. The van der Waals surface area contributed by atoms with Gasteiger partial charge in [-0.25, -0.2) is 0 Å². The van der Waals surface area contributed by atoms with E-state index in [0.717, 1.165) is 18.7 Å². The van der Waals surface area contributed by atoms with Crippen molar-refractivity contribution in [2.45, 2.75) is 24.5 Å². The summed E-state index contributed by atoms with van der Waals surface area (Å²) in [5.41, 5.74) is 0. The summed E-state index contributed by atoms with van der Waals surface area (Å²) in [6, 6.07) is 0. The molecule has 1 aromatic rings. The molecule has 1 heterocycles. The number of thioether (sulfide) groups is 1. The third kappa shape index (κ3) is 2.47. The molecule has 2 rings (SSSR count). The topological polar surface area (TPSA) is 76.2 Å². The molecule has 0 aliphatic heterocycles. The van der Waals surface area contributed by atoms with E-state index in [-0.39, 0.29) is 5.75 Å². The Morgan fingerprint density at radius 3 is 3.07 bits per heavy atom. The van der Waals surface area contributed by atoms with Crippen molar-refractivity contribution in [3.8, 4) is 0 Å². The predicted molar refractivity (Wildman–Crippen MR) is 50.1 cm³/mol. The van der Waals surface area contributed by atoms with Gasteiger partial charge in [0.05, 0.1) is 11.5 Å². The van der Waals surface area contributed by atoms with Crippen molar-refractivity contribution in [2.24, 2.45) is 0 Å². The number of nitrogens with zero attached hydrogens (tertiary/aromatic N) is 2. The first kappa shape index (κ1) is 9.51. The summed E-state index contributed by atoms with van der Waals surface area (Å²) in [6.45, 7) is 0. The summed E-state index contributed by atoms with van der Waals surface area (Å²) in [5.74, 6) is 1.51. The molecule has 5 nitrogen and oxygen atoms in total. The van der Waals surface area contributed by atoms with Gasteiger partial charge in [-0.1, -0.05) is 5.16 Å². The number of aromatic nitrogens is 2. The van der Waals surface area contributed by atoms with Gasteiger partial charge in [0.15, 0.2) is 5.82 Å². The zero-order valence-corrected chi connectivity index (χ0v) is 8.29. The minimum atomic E-state index is -0.822. The number of aliphatic carboxylic acids is 1. The first-order valence-electron chi connectivity index (χ1n) is 4.37. The number of carbonyl (C=O) groups is 1. The Kier molecular flexibility index (Phi) is 2.72. The number of rotatable bonds is 5. The Bertz CT molecular complexity index is 335. The number of carboxylic acids is 1. The third-order valence-electron chi connectivity index (χ3n) is 1.88. The summed E-state index contributed by atoms with van der Waals surface area (Å²) >= 11 is 1.26. The standard InChI is InChI=1S/C8H10N2O3S/c11-7(12)4-14-3-6-9-8(10-13-6)5-1-2-5/h5H,1-4H2,(H,11,12). The fourth-order valence-corrected chi connectivity index (χ4v) is 1.63. The molecule has 0 spiro atoms. The minimum absolute atomic E-state index is 0.0706. The second-order valence-corrected chi connectivity index (χ2v) is 4.19. The van der Waals surface area contributed by atoms with Gasteiger partial charge in [0.2, 0.25) is 5.89 Å². The van der Waals surface area contributed by atoms with E-state index in [1.165, 1.54) is 11.8 Å². The lowest BCUT2D eigenvalue weighted by Crippen LogP contribution is -1.98. The van der Waals surface area contributed by atoms with Crippen LogP contribution in [0.4, 0.5) is 0 Å². The first-order chi connectivity index (χ1) is 6.75. The highest BCUT2D eigenvalue weighted by atomic mass is 32.2. The highest BCUT2D eigenvalue weighted by molar-refractivity contribution is 7.99. The van der Waals surface area contributed by atoms with E-state index < -0.39 is 5.97 Å². The van der Waals surface area contributed by atoms with Gasteiger partial charge >= 0.3 is 5.97 Å². The largest absolute Gasteiger partial charge is 0.481 e. The fourth-order valence-electron chi connectivity index (χ4n) is 1.06. The molecule has 1 aliphatic carbocycles. The van der Waals surface area contributed by atoms with Crippen LogP contribution in [0.25, 0.3) is 0 Å². The van der Waals surface area contributed by atoms with Crippen molar-refractivity contribution >= 4 is 17.7 Å². The van der Waals surface area contributed by atoms with Gasteiger partial charge in [-0.3, -0.25) is 4.79 Å². The molecule has 0 unspecified atom stereocenters. The molecule has 1 fully saturated rings. The van der Waals surface area contributed by atoms with Crippen LogP contribution in [-0.2, 0) is 10.5 Å². The van der Waals surface area contributed by atoms with Gasteiger partial charge in [-0.05, 0) is 12.8 Å². The maximum Gasteiger partial charge on any atom is 0.313 e. The Morgan fingerprint density at radius 1 is 1.64 bits per heavy atom. The number of carboxylic acid groups (broad SMARTS) is 1. The molecule has 0 saturated heterocycles. The second kappa shape index (κ2) is 4.00. The molecule has 1 saturated carbocycles. The lowest BCUT2D eigenvalue weighted by atomic mass is 10.4. The van der Waals surface area contributed by atoms with Crippen molar-refractivity contribution in [2.75, 3.05) is 5.75 Å². The van der Waals surface area contributed by atoms with Crippen LogP contribution in [0.5, 0.6) is 0 Å². The Hall–Kier alpha value is -1.04. The molecule has 0 radical (unpaired) electrons. The molecular weight excluding hydrogens is 204 g/mol. The molecular formula is C8H10N2O3S. The van der Waals surface area contributed by atoms with Gasteiger partial charge in [0, 0.05) is 5.92 Å². The molecule has 1 N–H and O–H groups in total. The van der Waals surface area contributed by atoms with Crippen LogP contribution in [0.2, 0.25) is 0 Å². The lowest BCUT2D eigenvalue weighted by Gasteiger charge is -1.90. The van der Waals surface area contributed by atoms with Gasteiger partial charge in [0.25, 0.3) is 0 Å². The molecule has 0 atom stereocenters. The highest BCUT2D eigenvalue weighted by Crippen LogP contribution is 2.38. The number of hydrogen-bond donors (Lipinski definition) is 1. The van der Waals surface area contributed by atoms with Gasteiger partial charge in [0.1, 0.15) is 0 Å². The van der Waals surface area contributed by atoms with E-state index in [1.54, 1.807) is 0 Å². The second-order valence-electron chi connectivity index (χ2n) is 3.21. The molecule has 76 valence electrons. The van der Waals surface area contributed by atoms with Crippen molar-refractivity contribution in [1.82, 2.24) is 10.1 Å². The summed E-state index contributed by atoms with van der Waals surface area (Å²) in [6.07, 6.45) is 2.28. The SMILES string of the molecule is O=C(O)CSCc1nc(C2CC2)no1. The first-order valence-corrected chi connectivity index (χ1v) is 5.53. The maximum absolute atomic E-state index is 10.2. The summed E-state index contributed by atoms with van der Waals surface area (Å²) in [5, 5.41) is 12.2. The smallest absolute Gasteiger partial charge is 0.313 e. The molecule has 1 aromatic heterocycles. The molecule has 6 heteroatoms. The quantitative estimate of drug-likeness (QED) is 0.795. The Morgan fingerprint density at radius 2 is 2.43 bits per heavy atom. The van der Waals surface area contributed by atoms with Crippen LogP contribution in [0.1, 0.15) is 30.5 Å². The Balaban J connectivity index is 1.80. The molecule has 0 aromatic carbocycles. The number of hydrogen-bond acceptors (Lipinski definition) is 5. The predicted octanol–water partition coefficient (Wildman–Crippen LogP) is 1.26. The van der Waals surface area contributed by atoms with Crippen molar-refractivity contribution in [1.29, 1.82) is 0 Å². The fraction of sp³-hybridized carbons (Fsp3) is 0.625. The maximum atomic E-state index is 10.2. The van der Waals surface area contributed by atoms with E-state index in [1.807, 2.05) is 0 Å². The molecule has 0 amide bonds. The average molecular weight is 214 g/mol. The average Bonchev–Trinajstić information content (AvgIpc) is 2.87. The van der Waals surface area contributed by atoms with Gasteiger partial charge in [-0.2, -0.15) is 4.98 Å². The Labute approximate surface area is 84.9 Å². The van der Waals surface area contributed by atoms with Crippen LogP contribution in [0.3, 0.4) is 0 Å².